The molecule has 3 aromatic rings. The van der Waals surface area contributed by atoms with Gasteiger partial charge in [-0.1, -0.05) is 30.0 Å². The minimum atomic E-state index is -0.241. The number of benzene rings is 2. The zero-order valence-electron chi connectivity index (χ0n) is 15.7. The van der Waals surface area contributed by atoms with E-state index < -0.39 is 0 Å². The van der Waals surface area contributed by atoms with Crippen LogP contribution in [0.5, 0.6) is 17.2 Å². The van der Waals surface area contributed by atoms with Gasteiger partial charge in [-0.3, -0.25) is 9.78 Å². The molecule has 1 heterocycles. The largest absolute Gasteiger partial charge is 0.493 e. The SMILES string of the molecule is COc1ccc(C(=O)NCC#CCOc2cccc3cccnc23)cc1OC. The lowest BCUT2D eigenvalue weighted by molar-refractivity contribution is 0.0958. The molecule has 0 saturated heterocycles. The predicted octanol–water partition coefficient (Wildman–Crippen LogP) is 3.06. The first-order chi connectivity index (χ1) is 13.7. The Balaban J connectivity index is 1.52. The summed E-state index contributed by atoms with van der Waals surface area (Å²) in [6.45, 7) is 0.423. The van der Waals surface area contributed by atoms with E-state index in [1.165, 1.54) is 7.11 Å². The third-order valence-electron chi connectivity index (χ3n) is 4.00. The predicted molar refractivity (Wildman–Crippen MR) is 107 cm³/mol. The molecule has 1 aromatic heterocycles. The first-order valence-electron chi connectivity index (χ1n) is 8.65. The minimum Gasteiger partial charge on any atom is -0.493 e. The highest BCUT2D eigenvalue weighted by Crippen LogP contribution is 2.27. The smallest absolute Gasteiger partial charge is 0.252 e. The van der Waals surface area contributed by atoms with E-state index in [-0.39, 0.29) is 19.1 Å². The molecule has 28 heavy (non-hydrogen) atoms. The van der Waals surface area contributed by atoms with Crippen molar-refractivity contribution in [2.75, 3.05) is 27.4 Å². The Morgan fingerprint density at radius 2 is 1.82 bits per heavy atom. The minimum absolute atomic E-state index is 0.210. The van der Waals surface area contributed by atoms with Crippen LogP contribution < -0.4 is 19.5 Å². The number of carbonyl (C=O) groups excluding carboxylic acids is 1. The van der Waals surface area contributed by atoms with Gasteiger partial charge in [0, 0.05) is 17.1 Å². The van der Waals surface area contributed by atoms with Crippen molar-refractivity contribution in [3.05, 3.63) is 60.3 Å². The Morgan fingerprint density at radius 3 is 2.64 bits per heavy atom. The van der Waals surface area contributed by atoms with Crippen LogP contribution in [0.15, 0.2) is 54.7 Å². The van der Waals surface area contributed by atoms with Gasteiger partial charge in [0.2, 0.25) is 0 Å². The molecule has 0 atom stereocenters. The quantitative estimate of drug-likeness (QED) is 0.670. The van der Waals surface area contributed by atoms with Crippen molar-refractivity contribution in [3.63, 3.8) is 0 Å². The van der Waals surface area contributed by atoms with Crippen molar-refractivity contribution in [2.24, 2.45) is 0 Å². The average Bonchev–Trinajstić information content (AvgIpc) is 2.75. The number of methoxy groups -OCH3 is 2. The lowest BCUT2D eigenvalue weighted by atomic mass is 10.2. The standard InChI is InChI=1S/C22H20N2O4/c1-26-18-11-10-17(15-20(18)27-2)22(25)24-12-3-4-14-28-19-9-5-7-16-8-6-13-23-21(16)19/h5-11,13,15H,12,14H2,1-2H3,(H,24,25). The molecule has 6 nitrogen and oxygen atoms in total. The topological polar surface area (TPSA) is 69.7 Å². The molecule has 0 unspecified atom stereocenters. The Labute approximate surface area is 163 Å². The van der Waals surface area contributed by atoms with E-state index in [4.69, 9.17) is 14.2 Å². The summed E-state index contributed by atoms with van der Waals surface area (Å²) < 4.78 is 16.1. The Kier molecular flexibility index (Phi) is 6.32. The number of ether oxygens (including phenoxy) is 3. The molecule has 0 bridgehead atoms. The van der Waals surface area contributed by atoms with Crippen molar-refractivity contribution in [3.8, 4) is 29.1 Å². The number of nitrogens with one attached hydrogen (secondary N) is 1. The molecule has 0 aliphatic rings. The van der Waals surface area contributed by atoms with Crippen LogP contribution in [-0.2, 0) is 0 Å². The number of hydrogen-bond acceptors (Lipinski definition) is 5. The first-order valence-corrected chi connectivity index (χ1v) is 8.65. The second-order valence-electron chi connectivity index (χ2n) is 5.73. The highest BCUT2D eigenvalue weighted by Gasteiger charge is 2.09. The van der Waals surface area contributed by atoms with Crippen molar-refractivity contribution in [1.82, 2.24) is 10.3 Å². The van der Waals surface area contributed by atoms with Crippen molar-refractivity contribution < 1.29 is 19.0 Å². The van der Waals surface area contributed by atoms with Crippen LogP contribution in [0.3, 0.4) is 0 Å². The van der Waals surface area contributed by atoms with E-state index in [2.05, 4.69) is 22.1 Å². The summed E-state index contributed by atoms with van der Waals surface area (Å²) in [5.74, 6) is 7.27. The summed E-state index contributed by atoms with van der Waals surface area (Å²) in [5.41, 5.74) is 1.27. The summed E-state index contributed by atoms with van der Waals surface area (Å²) in [4.78, 5) is 16.5. The number of para-hydroxylation sites is 1. The van der Waals surface area contributed by atoms with Gasteiger partial charge in [-0.2, -0.15) is 0 Å². The second kappa shape index (κ2) is 9.28. The molecule has 1 N–H and O–H groups in total. The van der Waals surface area contributed by atoms with Crippen molar-refractivity contribution >= 4 is 16.8 Å². The Bertz CT molecular complexity index is 1030. The highest BCUT2D eigenvalue weighted by atomic mass is 16.5. The molecule has 0 radical (unpaired) electrons. The van der Waals surface area contributed by atoms with E-state index in [1.54, 1.807) is 31.5 Å². The summed E-state index contributed by atoms with van der Waals surface area (Å²) >= 11 is 0. The monoisotopic (exact) mass is 376 g/mol. The maximum atomic E-state index is 12.2. The lowest BCUT2D eigenvalue weighted by Crippen LogP contribution is -2.23. The molecule has 0 fully saturated rings. The van der Waals surface area contributed by atoms with Crippen LogP contribution in [-0.4, -0.2) is 38.3 Å². The number of carbonyl (C=O) groups is 1. The normalized spacial score (nSPS) is 9.93. The molecule has 0 aliphatic carbocycles. The maximum Gasteiger partial charge on any atom is 0.252 e. The number of fused-ring (bicyclic) bond motifs is 1. The van der Waals surface area contributed by atoms with Gasteiger partial charge in [-0.25, -0.2) is 0 Å². The van der Waals surface area contributed by atoms with E-state index >= 15 is 0 Å². The van der Waals surface area contributed by atoms with Crippen LogP contribution >= 0.6 is 0 Å². The first kappa shape index (κ1) is 19.1. The Morgan fingerprint density at radius 1 is 1.00 bits per heavy atom. The van der Waals surface area contributed by atoms with Gasteiger partial charge in [-0.15, -0.1) is 0 Å². The van der Waals surface area contributed by atoms with E-state index in [9.17, 15) is 4.79 Å². The van der Waals surface area contributed by atoms with Gasteiger partial charge in [0.15, 0.2) is 11.5 Å². The number of nitrogens with zero attached hydrogens (tertiary/aromatic N) is 1. The molecular formula is C22H20N2O4. The molecular weight excluding hydrogens is 356 g/mol. The molecule has 142 valence electrons. The summed E-state index contributed by atoms with van der Waals surface area (Å²) in [7, 11) is 3.07. The third kappa shape index (κ3) is 4.51. The zero-order chi connectivity index (χ0) is 19.8. The second-order valence-corrected chi connectivity index (χ2v) is 5.73. The number of pyridine rings is 1. The molecule has 1 amide bonds. The maximum absolute atomic E-state index is 12.2. The number of hydrogen-bond donors (Lipinski definition) is 1. The zero-order valence-corrected chi connectivity index (χ0v) is 15.7. The Hall–Kier alpha value is -3.72. The number of amides is 1. The molecule has 3 rings (SSSR count). The summed E-state index contributed by atoms with van der Waals surface area (Å²) in [5, 5.41) is 3.75. The van der Waals surface area contributed by atoms with E-state index in [1.807, 2.05) is 30.3 Å². The van der Waals surface area contributed by atoms with Gasteiger partial charge in [0.25, 0.3) is 5.91 Å². The number of aromatic nitrogens is 1. The molecule has 0 aliphatic heterocycles. The van der Waals surface area contributed by atoms with Crippen LogP contribution in [0, 0.1) is 11.8 Å². The van der Waals surface area contributed by atoms with Crippen LogP contribution in [0.25, 0.3) is 10.9 Å². The fourth-order valence-corrected chi connectivity index (χ4v) is 2.62. The van der Waals surface area contributed by atoms with Gasteiger partial charge in [-0.05, 0) is 30.3 Å². The van der Waals surface area contributed by atoms with Gasteiger partial charge >= 0.3 is 0 Å². The van der Waals surface area contributed by atoms with Crippen molar-refractivity contribution in [2.45, 2.75) is 0 Å². The van der Waals surface area contributed by atoms with Crippen LogP contribution in [0.2, 0.25) is 0 Å². The van der Waals surface area contributed by atoms with Gasteiger partial charge < -0.3 is 19.5 Å². The fourth-order valence-electron chi connectivity index (χ4n) is 2.62. The average molecular weight is 376 g/mol. The summed E-state index contributed by atoms with van der Waals surface area (Å²) in [6, 6.07) is 14.6. The van der Waals surface area contributed by atoms with Crippen LogP contribution in [0.1, 0.15) is 10.4 Å². The number of rotatable bonds is 6. The molecule has 0 spiro atoms. The lowest BCUT2D eigenvalue weighted by Gasteiger charge is -2.09. The molecule has 2 aromatic carbocycles. The third-order valence-corrected chi connectivity index (χ3v) is 4.00. The van der Waals surface area contributed by atoms with Crippen molar-refractivity contribution in [1.29, 1.82) is 0 Å². The molecule has 0 saturated carbocycles. The van der Waals surface area contributed by atoms with Crippen LogP contribution in [0.4, 0.5) is 0 Å². The van der Waals surface area contributed by atoms with E-state index in [0.29, 0.717) is 22.8 Å². The fraction of sp³-hybridized carbons (Fsp3) is 0.182. The highest BCUT2D eigenvalue weighted by molar-refractivity contribution is 5.95. The van der Waals surface area contributed by atoms with E-state index in [0.717, 1.165) is 10.9 Å². The van der Waals surface area contributed by atoms with Gasteiger partial charge in [0.1, 0.15) is 17.9 Å². The summed E-state index contributed by atoms with van der Waals surface area (Å²) in [6.07, 6.45) is 1.73. The molecule has 6 heteroatoms. The van der Waals surface area contributed by atoms with Gasteiger partial charge in [0.05, 0.1) is 20.8 Å².